The van der Waals surface area contributed by atoms with Crippen molar-refractivity contribution in [2.45, 2.75) is 502 Å². The first kappa shape index (κ1) is 106. The third kappa shape index (κ3) is 82.1. The molecule has 0 aliphatic carbocycles. The van der Waals surface area contributed by atoms with Crippen LogP contribution in [0.2, 0.25) is 0 Å². The lowest BCUT2D eigenvalue weighted by Gasteiger charge is -2.21. The quantitative estimate of drug-likeness (QED) is 0.0222. The topological polar surface area (TPSA) is 237 Å². The van der Waals surface area contributed by atoms with Gasteiger partial charge in [0.15, 0.2) is 12.2 Å². The number of rotatable bonds is 89. The third-order valence-electron chi connectivity index (χ3n) is 21.0. The number of carbonyl (C=O) groups excluding carboxylic acids is 4. The van der Waals surface area contributed by atoms with Crippen molar-refractivity contribution in [3.05, 3.63) is 0 Å². The average molecular weight is 1580 g/mol. The van der Waals surface area contributed by atoms with Gasteiger partial charge in [0.1, 0.15) is 19.3 Å². The Kier molecular flexibility index (Phi) is 80.2. The lowest BCUT2D eigenvalue weighted by atomic mass is 10.0. The van der Waals surface area contributed by atoms with Crippen LogP contribution in [0.4, 0.5) is 0 Å². The summed E-state index contributed by atoms with van der Waals surface area (Å²) in [4.78, 5) is 73.3. The number of phosphoric acid groups is 2. The molecule has 0 spiro atoms. The second-order valence-electron chi connectivity index (χ2n) is 32.5. The number of esters is 4. The molecular formula is C89H174O17P2. The highest BCUT2D eigenvalue weighted by Crippen LogP contribution is 2.45. The van der Waals surface area contributed by atoms with Crippen LogP contribution < -0.4 is 0 Å². The van der Waals surface area contributed by atoms with Gasteiger partial charge in [-0.3, -0.25) is 37.3 Å². The highest BCUT2D eigenvalue weighted by molar-refractivity contribution is 7.47. The lowest BCUT2D eigenvalue weighted by molar-refractivity contribution is -0.161. The Morgan fingerprint density at radius 3 is 0.630 bits per heavy atom. The van der Waals surface area contributed by atoms with Crippen molar-refractivity contribution in [3.63, 3.8) is 0 Å². The second-order valence-corrected chi connectivity index (χ2v) is 35.4. The van der Waals surface area contributed by atoms with Gasteiger partial charge in [-0.1, -0.05) is 433 Å². The normalized spacial score (nSPS) is 13.7. The first-order chi connectivity index (χ1) is 52.5. The van der Waals surface area contributed by atoms with Gasteiger partial charge in [-0.15, -0.1) is 0 Å². The minimum atomic E-state index is -4.97. The Balaban J connectivity index is 5.24. The van der Waals surface area contributed by atoms with Crippen molar-refractivity contribution < 1.29 is 80.2 Å². The first-order valence-corrected chi connectivity index (χ1v) is 49.1. The smallest absolute Gasteiger partial charge is 0.462 e. The van der Waals surface area contributed by atoms with Gasteiger partial charge in [0.2, 0.25) is 0 Å². The molecule has 0 bridgehead atoms. The van der Waals surface area contributed by atoms with Crippen molar-refractivity contribution in [1.29, 1.82) is 0 Å². The van der Waals surface area contributed by atoms with Gasteiger partial charge in [-0.2, -0.15) is 0 Å². The Morgan fingerprint density at radius 1 is 0.250 bits per heavy atom. The van der Waals surface area contributed by atoms with Crippen LogP contribution in [0.5, 0.6) is 0 Å². The van der Waals surface area contributed by atoms with Crippen molar-refractivity contribution >= 4 is 39.5 Å². The predicted molar refractivity (Wildman–Crippen MR) is 446 cm³/mol. The summed E-state index contributed by atoms with van der Waals surface area (Å²) < 4.78 is 69.0. The Labute approximate surface area is 664 Å². The number of aliphatic hydroxyl groups is 1. The maximum atomic E-state index is 13.2. The van der Waals surface area contributed by atoms with Crippen LogP contribution in [0.25, 0.3) is 0 Å². The van der Waals surface area contributed by atoms with Gasteiger partial charge >= 0.3 is 39.5 Å². The highest BCUT2D eigenvalue weighted by Gasteiger charge is 2.30. The van der Waals surface area contributed by atoms with Crippen molar-refractivity contribution in [1.82, 2.24) is 0 Å². The van der Waals surface area contributed by atoms with Crippen LogP contribution in [0.1, 0.15) is 484 Å². The summed E-state index contributed by atoms with van der Waals surface area (Å²) in [6.45, 7) is 7.38. The lowest BCUT2D eigenvalue weighted by Crippen LogP contribution is -2.30. The fourth-order valence-electron chi connectivity index (χ4n) is 14.0. The van der Waals surface area contributed by atoms with E-state index in [9.17, 15) is 43.2 Å². The summed E-state index contributed by atoms with van der Waals surface area (Å²) in [6.07, 6.45) is 76.4. The summed E-state index contributed by atoms with van der Waals surface area (Å²) in [6, 6.07) is 0. The maximum Gasteiger partial charge on any atom is 0.472 e. The number of hydrogen-bond donors (Lipinski definition) is 3. The van der Waals surface area contributed by atoms with Gasteiger partial charge in [0.25, 0.3) is 0 Å². The zero-order chi connectivity index (χ0) is 79.0. The van der Waals surface area contributed by atoms with E-state index in [1.807, 2.05) is 0 Å². The molecule has 0 saturated heterocycles. The molecule has 3 N–H and O–H groups in total. The summed E-state index contributed by atoms with van der Waals surface area (Å²) in [7, 11) is -9.93. The fourth-order valence-corrected chi connectivity index (χ4v) is 15.6. The summed E-state index contributed by atoms with van der Waals surface area (Å²) in [5.41, 5.74) is 0. The van der Waals surface area contributed by atoms with Crippen LogP contribution in [0, 0.1) is 5.92 Å². The molecular weight excluding hydrogens is 1400 g/mol. The number of phosphoric ester groups is 2. The molecule has 0 radical (unpaired) electrons. The van der Waals surface area contributed by atoms with Crippen LogP contribution in [-0.2, 0) is 65.4 Å². The molecule has 0 rings (SSSR count). The second kappa shape index (κ2) is 81.6. The molecule has 0 aromatic heterocycles. The van der Waals surface area contributed by atoms with Crippen molar-refractivity contribution in [2.75, 3.05) is 39.6 Å². The number of aliphatic hydroxyl groups excluding tert-OH is 1. The van der Waals surface area contributed by atoms with Gasteiger partial charge in [0, 0.05) is 25.7 Å². The van der Waals surface area contributed by atoms with E-state index in [0.717, 1.165) is 95.8 Å². The molecule has 0 heterocycles. The summed E-state index contributed by atoms with van der Waals surface area (Å²) in [5, 5.41) is 10.7. The Hall–Kier alpha value is -1.94. The maximum absolute atomic E-state index is 13.2. The van der Waals surface area contributed by atoms with Gasteiger partial charge in [-0.25, -0.2) is 9.13 Å². The number of ether oxygens (including phenoxy) is 4. The van der Waals surface area contributed by atoms with Crippen molar-refractivity contribution in [2.24, 2.45) is 5.92 Å². The van der Waals surface area contributed by atoms with E-state index in [1.54, 1.807) is 0 Å². The first-order valence-electron chi connectivity index (χ1n) is 46.1. The molecule has 0 amide bonds. The highest BCUT2D eigenvalue weighted by atomic mass is 31.2. The largest absolute Gasteiger partial charge is 0.472 e. The molecule has 0 aromatic rings. The van der Waals surface area contributed by atoms with Crippen LogP contribution in [0.3, 0.4) is 0 Å². The van der Waals surface area contributed by atoms with E-state index in [-0.39, 0.29) is 25.7 Å². The van der Waals surface area contributed by atoms with E-state index in [4.69, 9.17) is 37.0 Å². The molecule has 2 unspecified atom stereocenters. The Bertz CT molecular complexity index is 2050. The molecule has 108 heavy (non-hydrogen) atoms. The van der Waals surface area contributed by atoms with Crippen LogP contribution in [0.15, 0.2) is 0 Å². The summed E-state index contributed by atoms with van der Waals surface area (Å²) in [5.74, 6) is -1.33. The molecule has 0 fully saturated rings. The molecule has 0 aromatic carbocycles. The SMILES string of the molecule is CCCCCCCCCCCCCCCCCCCCCCCCC(=O)O[C@H](COC(=O)CCCCCCCCCCCCCCCCCCCCC)COP(=O)(O)OC[C@@H](O)COP(=O)(O)OC[C@@H](COC(=O)CCCCCCCCCCCCCCC)OC(=O)CCCCCCCCCCCCCC(C)C. The Morgan fingerprint density at radius 2 is 0.426 bits per heavy atom. The van der Waals surface area contributed by atoms with E-state index in [2.05, 4.69) is 34.6 Å². The summed E-state index contributed by atoms with van der Waals surface area (Å²) >= 11 is 0. The van der Waals surface area contributed by atoms with Crippen LogP contribution in [-0.4, -0.2) is 96.7 Å². The minimum Gasteiger partial charge on any atom is -0.462 e. The molecule has 19 heteroatoms. The standard InChI is InChI=1S/C89H174O17P2/c1-6-9-12-15-18-21-24-27-29-31-33-34-35-37-39-41-44-49-54-59-64-69-74-88(93)105-84(78-100-87(92)73-68-63-58-53-48-43-40-38-36-32-30-28-25-22-19-16-13-10-7-2)80-103-107(95,96)101-76-83(90)77-102-108(97,98)104-81-85(79-99-86(91)72-67-62-57-52-47-42-26-23-20-17-14-11-8-3)106-89(94)75-70-65-60-55-50-45-46-51-56-61-66-71-82(4)5/h82-85,90H,6-81H2,1-5H3,(H,95,96)(H,97,98)/t83-,84-,85-/m1/s1. The number of carbonyl (C=O) groups is 4. The molecule has 17 nitrogen and oxygen atoms in total. The number of hydrogen-bond acceptors (Lipinski definition) is 15. The fraction of sp³-hybridized carbons (Fsp3) is 0.955. The molecule has 0 aliphatic heterocycles. The monoisotopic (exact) mass is 1580 g/mol. The zero-order valence-corrected chi connectivity index (χ0v) is 72.8. The predicted octanol–water partition coefficient (Wildman–Crippen LogP) is 27.5. The van der Waals surface area contributed by atoms with E-state index in [1.165, 1.54) is 308 Å². The van der Waals surface area contributed by atoms with Gasteiger partial charge in [0.05, 0.1) is 26.4 Å². The third-order valence-corrected chi connectivity index (χ3v) is 22.9. The molecule has 642 valence electrons. The average Bonchev–Trinajstić information content (AvgIpc) is 0.900. The number of unbranched alkanes of at least 4 members (excludes halogenated alkanes) is 61. The minimum absolute atomic E-state index is 0.107. The zero-order valence-electron chi connectivity index (χ0n) is 71.0. The molecule has 5 atom stereocenters. The van der Waals surface area contributed by atoms with E-state index in [0.29, 0.717) is 25.7 Å². The molecule has 0 aliphatic rings. The van der Waals surface area contributed by atoms with E-state index < -0.39 is 97.5 Å². The molecule has 0 saturated carbocycles. The van der Waals surface area contributed by atoms with Crippen LogP contribution >= 0.6 is 15.6 Å². The van der Waals surface area contributed by atoms with E-state index >= 15 is 0 Å². The van der Waals surface area contributed by atoms with Gasteiger partial charge in [-0.05, 0) is 31.6 Å². The van der Waals surface area contributed by atoms with Gasteiger partial charge < -0.3 is 33.8 Å². The van der Waals surface area contributed by atoms with Crippen molar-refractivity contribution in [3.8, 4) is 0 Å².